The highest BCUT2D eigenvalue weighted by Gasteiger charge is 2.25. The molecule has 4 rings (SSSR count). The molecule has 1 N–H and O–H groups in total. The zero-order valence-corrected chi connectivity index (χ0v) is 20.5. The van der Waals surface area contributed by atoms with Gasteiger partial charge in [-0.3, -0.25) is 9.59 Å². The maximum atomic E-state index is 12.3. The second-order valence-corrected chi connectivity index (χ2v) is 7.14. The normalized spacial score (nSPS) is 13.3. The molecule has 1 fully saturated rings. The van der Waals surface area contributed by atoms with Gasteiger partial charge in [0.15, 0.2) is 0 Å². The van der Waals surface area contributed by atoms with Crippen molar-refractivity contribution in [1.29, 1.82) is 0 Å². The molecule has 4 heteroatoms. The monoisotopic (exact) mass is 444 g/mol. The van der Waals surface area contributed by atoms with E-state index in [4.69, 9.17) is 4.79 Å². The van der Waals surface area contributed by atoms with Gasteiger partial charge in [-0.05, 0) is 60.1 Å². The van der Waals surface area contributed by atoms with Gasteiger partial charge in [-0.15, -0.1) is 25.7 Å². The number of carbonyl (C=O) groups is 2. The van der Waals surface area contributed by atoms with Crippen molar-refractivity contribution in [1.82, 2.24) is 5.32 Å². The van der Waals surface area contributed by atoms with Crippen LogP contribution in [0.2, 0.25) is 0 Å². The molecule has 0 saturated heterocycles. The minimum Gasteiger partial charge on any atom is -0.362 e. The van der Waals surface area contributed by atoms with E-state index in [1.807, 2.05) is 18.7 Å². The van der Waals surface area contributed by atoms with Gasteiger partial charge in [0.1, 0.15) is 0 Å². The summed E-state index contributed by atoms with van der Waals surface area (Å²) < 4.78 is 0. The summed E-state index contributed by atoms with van der Waals surface area (Å²) in [5, 5.41) is 2.25. The molecule has 33 heavy (non-hydrogen) atoms. The smallest absolute Gasteiger partial charge is 0.224 e. The summed E-state index contributed by atoms with van der Waals surface area (Å²) in [5.41, 5.74) is 7.20. The zero-order valence-electron chi connectivity index (χ0n) is 20.5. The van der Waals surface area contributed by atoms with Gasteiger partial charge in [0, 0.05) is 14.0 Å². The number of terminal acetylenes is 2. The Hall–Kier alpha value is -3.76. The molecule has 174 valence electrons. The van der Waals surface area contributed by atoms with Crippen LogP contribution >= 0.6 is 0 Å². The van der Waals surface area contributed by atoms with Crippen LogP contribution in [0.3, 0.4) is 0 Å². The molecule has 1 aliphatic carbocycles. The first-order valence-corrected chi connectivity index (χ1v) is 11.0. The summed E-state index contributed by atoms with van der Waals surface area (Å²) in [4.78, 5) is 23.2. The van der Waals surface area contributed by atoms with Crippen molar-refractivity contribution in [3.8, 4) is 25.7 Å². The highest BCUT2D eigenvalue weighted by atomic mass is 16.2. The van der Waals surface area contributed by atoms with Crippen molar-refractivity contribution >= 4 is 30.2 Å². The lowest BCUT2D eigenvalue weighted by Gasteiger charge is -2.26. The van der Waals surface area contributed by atoms with Gasteiger partial charge in [0.2, 0.25) is 12.3 Å². The quantitative estimate of drug-likeness (QED) is 0.470. The number of anilines is 1. The van der Waals surface area contributed by atoms with Crippen LogP contribution < -0.4 is 10.2 Å². The van der Waals surface area contributed by atoms with Crippen molar-refractivity contribution in [2.45, 2.75) is 53.0 Å². The Kier molecular flexibility index (Phi) is 14.1. The van der Waals surface area contributed by atoms with Crippen molar-refractivity contribution in [3.63, 3.8) is 0 Å². The van der Waals surface area contributed by atoms with Crippen molar-refractivity contribution < 1.29 is 9.59 Å². The van der Waals surface area contributed by atoms with Gasteiger partial charge in [-0.2, -0.15) is 0 Å². The van der Waals surface area contributed by atoms with E-state index in [1.165, 1.54) is 35.1 Å². The lowest BCUT2D eigenvalue weighted by Crippen LogP contribution is -2.29. The van der Waals surface area contributed by atoms with Crippen LogP contribution in [-0.4, -0.2) is 19.4 Å². The zero-order chi connectivity index (χ0) is 25.4. The molecular weight excluding hydrogens is 408 g/mol. The average molecular weight is 445 g/mol. The highest BCUT2D eigenvalue weighted by molar-refractivity contribution is 5.95. The van der Waals surface area contributed by atoms with E-state index in [2.05, 4.69) is 86.5 Å². The van der Waals surface area contributed by atoms with Crippen LogP contribution in [0.25, 0.3) is 12.2 Å². The molecule has 1 aliphatic heterocycles. The summed E-state index contributed by atoms with van der Waals surface area (Å²) in [5.74, 6) is 0.823. The van der Waals surface area contributed by atoms with Crippen LogP contribution in [-0.2, 0) is 16.1 Å². The Labute approximate surface area is 200 Å². The van der Waals surface area contributed by atoms with E-state index in [-0.39, 0.29) is 5.91 Å². The minimum atomic E-state index is 0.0909. The molecular formula is C29H36N2O2. The van der Waals surface area contributed by atoms with Gasteiger partial charge in [-0.1, -0.05) is 55.8 Å². The van der Waals surface area contributed by atoms with Gasteiger partial charge < -0.3 is 10.2 Å². The molecule has 2 aromatic carbocycles. The largest absolute Gasteiger partial charge is 0.362 e. The van der Waals surface area contributed by atoms with E-state index >= 15 is 0 Å². The van der Waals surface area contributed by atoms with Crippen LogP contribution in [0.1, 0.15) is 67.3 Å². The third-order valence-corrected chi connectivity index (χ3v) is 4.96. The maximum absolute atomic E-state index is 12.3. The minimum absolute atomic E-state index is 0.0909. The maximum Gasteiger partial charge on any atom is 0.224 e. The second kappa shape index (κ2) is 16.0. The predicted octanol–water partition coefficient (Wildman–Crippen LogP) is 5.80. The van der Waals surface area contributed by atoms with E-state index in [0.29, 0.717) is 13.0 Å². The van der Waals surface area contributed by atoms with Crippen LogP contribution in [0.15, 0.2) is 36.4 Å². The first-order valence-electron chi connectivity index (χ1n) is 11.0. The number of nitrogens with one attached hydrogen (secondary N) is 1. The van der Waals surface area contributed by atoms with Crippen LogP contribution in [0.4, 0.5) is 5.69 Å². The topological polar surface area (TPSA) is 49.4 Å². The molecule has 0 atom stereocenters. The molecule has 0 radical (unpaired) electrons. The first-order chi connectivity index (χ1) is 16.0. The van der Waals surface area contributed by atoms with Crippen molar-refractivity contribution in [3.05, 3.63) is 64.2 Å². The number of nitrogens with zero attached hydrogens (tertiary/aromatic N) is 1. The summed E-state index contributed by atoms with van der Waals surface area (Å²) >= 11 is 0. The van der Waals surface area contributed by atoms with Crippen LogP contribution in [0, 0.1) is 32.6 Å². The SMILES string of the molecule is C#C.C#C.CC.CC(=O)N1Cc2cc(C3CC3)ccc2/C=C\c2cc(C)ccc21.CNC=O. The fourth-order valence-corrected chi connectivity index (χ4v) is 3.37. The Morgan fingerprint density at radius 1 is 1.00 bits per heavy atom. The van der Waals surface area contributed by atoms with E-state index < -0.39 is 0 Å². The molecule has 2 aliphatic rings. The average Bonchev–Trinajstić information content (AvgIpc) is 3.70. The van der Waals surface area contributed by atoms with Crippen molar-refractivity contribution in [2.24, 2.45) is 0 Å². The fraction of sp³-hybridized carbons (Fsp3) is 0.310. The number of fused-ring (bicyclic) bond motifs is 2. The summed E-state index contributed by atoms with van der Waals surface area (Å²) in [6.07, 6.45) is 23.5. The molecule has 1 heterocycles. The van der Waals surface area contributed by atoms with Gasteiger partial charge in [0.05, 0.1) is 12.2 Å². The van der Waals surface area contributed by atoms with Crippen molar-refractivity contribution in [2.75, 3.05) is 11.9 Å². The van der Waals surface area contributed by atoms with E-state index in [9.17, 15) is 4.79 Å². The molecule has 0 aromatic heterocycles. The second-order valence-electron chi connectivity index (χ2n) is 7.14. The number of hydrogen-bond acceptors (Lipinski definition) is 2. The van der Waals surface area contributed by atoms with Crippen LogP contribution in [0.5, 0.6) is 0 Å². The molecule has 0 bridgehead atoms. The number of aryl methyl sites for hydroxylation is 1. The predicted molar refractivity (Wildman–Crippen MR) is 142 cm³/mol. The number of amides is 2. The molecule has 1 saturated carbocycles. The Balaban J connectivity index is 0.000000896. The molecule has 2 amide bonds. The number of benzene rings is 2. The van der Waals surface area contributed by atoms with E-state index in [0.717, 1.165) is 17.2 Å². The Morgan fingerprint density at radius 3 is 2.09 bits per heavy atom. The third kappa shape index (κ3) is 8.71. The molecule has 0 unspecified atom stereocenters. The summed E-state index contributed by atoms with van der Waals surface area (Å²) in [6.45, 7) is 8.38. The summed E-state index contributed by atoms with van der Waals surface area (Å²) in [6, 6.07) is 13.0. The Morgan fingerprint density at radius 2 is 1.58 bits per heavy atom. The number of rotatable bonds is 2. The van der Waals surface area contributed by atoms with E-state index in [1.54, 1.807) is 14.0 Å². The molecule has 0 spiro atoms. The standard InChI is InChI=1S/C21H21NO.C2H5NO.C2H6.2C2H2/c1-14-3-10-21-19(11-14)9-7-17-6-8-18(16-4-5-16)12-20(17)13-22(21)15(2)23;1-3-2-4;3*1-2/h3,6-12,16H,4-5,13H2,1-2H3;2H,1H3,(H,3,4);1-2H3;2*1-2H/b9-7-;;;;. The number of hydrogen-bond donors (Lipinski definition) is 1. The van der Waals surface area contributed by atoms with Gasteiger partial charge in [0.25, 0.3) is 0 Å². The Bertz CT molecular complexity index is 960. The summed E-state index contributed by atoms with van der Waals surface area (Å²) in [7, 11) is 1.56. The molecule has 4 nitrogen and oxygen atoms in total. The number of carbonyl (C=O) groups excluding carboxylic acids is 2. The first kappa shape index (κ1) is 29.2. The lowest BCUT2D eigenvalue weighted by atomic mass is 9.97. The highest BCUT2D eigenvalue weighted by Crippen LogP contribution is 2.41. The van der Waals surface area contributed by atoms with Gasteiger partial charge in [-0.25, -0.2) is 0 Å². The third-order valence-electron chi connectivity index (χ3n) is 4.96. The fourth-order valence-electron chi connectivity index (χ4n) is 3.37. The molecule has 2 aromatic rings. The van der Waals surface area contributed by atoms with Gasteiger partial charge >= 0.3 is 0 Å². The lowest BCUT2D eigenvalue weighted by molar-refractivity contribution is -0.116.